The first-order valence-corrected chi connectivity index (χ1v) is 12.0. The minimum Gasteiger partial charge on any atom is -0.293 e. The van der Waals surface area contributed by atoms with Crippen LogP contribution < -0.4 is 5.56 Å². The number of hydrogen-bond donors (Lipinski definition) is 0. The minimum atomic E-state index is -0.146. The molecule has 3 aromatic carbocycles. The summed E-state index contributed by atoms with van der Waals surface area (Å²) in [4.78, 5) is 26.5. The SMILES string of the molecule is Cc1ccc(C(=O)CSc2nnc3n(-c4cccc(C)c4C)c(=O)c4ccccc4n23)c(C)c1. The molecule has 2 heterocycles. The summed E-state index contributed by atoms with van der Waals surface area (Å²) in [6, 6.07) is 19.2. The van der Waals surface area contributed by atoms with Gasteiger partial charge in [-0.05, 0) is 62.6 Å². The van der Waals surface area contributed by atoms with E-state index in [1.54, 1.807) is 4.57 Å². The number of benzene rings is 3. The second-order valence-corrected chi connectivity index (χ2v) is 9.47. The van der Waals surface area contributed by atoms with Gasteiger partial charge in [0.2, 0.25) is 5.78 Å². The normalized spacial score (nSPS) is 11.4. The number of Topliss-reactive ketones (excluding diaryl/α,β-unsaturated/α-hetero) is 1. The summed E-state index contributed by atoms with van der Waals surface area (Å²) in [5.41, 5.74) is 6.24. The van der Waals surface area contributed by atoms with E-state index in [4.69, 9.17) is 0 Å². The molecule has 6 nitrogen and oxygen atoms in total. The number of hydrogen-bond acceptors (Lipinski definition) is 5. The number of nitrogens with zero attached hydrogens (tertiary/aromatic N) is 4. The van der Waals surface area contributed by atoms with Crippen molar-refractivity contribution < 1.29 is 4.79 Å². The van der Waals surface area contributed by atoms with Gasteiger partial charge in [-0.3, -0.25) is 14.0 Å². The number of fused-ring (bicyclic) bond motifs is 3. The summed E-state index contributed by atoms with van der Waals surface area (Å²) in [5, 5.41) is 9.93. The maximum absolute atomic E-state index is 13.6. The van der Waals surface area contributed by atoms with Crippen LogP contribution in [0.2, 0.25) is 0 Å². The number of aromatic nitrogens is 4. The van der Waals surface area contributed by atoms with E-state index in [1.807, 2.05) is 92.8 Å². The molecule has 2 aromatic heterocycles. The summed E-state index contributed by atoms with van der Waals surface area (Å²) in [7, 11) is 0. The van der Waals surface area contributed by atoms with Gasteiger partial charge in [0.1, 0.15) is 0 Å². The van der Waals surface area contributed by atoms with Gasteiger partial charge in [0, 0.05) is 5.56 Å². The molecular weight excluding hydrogens is 444 g/mol. The van der Waals surface area contributed by atoms with E-state index >= 15 is 0 Å². The van der Waals surface area contributed by atoms with Gasteiger partial charge in [0.25, 0.3) is 5.56 Å². The van der Waals surface area contributed by atoms with Crippen molar-refractivity contribution in [1.29, 1.82) is 0 Å². The van der Waals surface area contributed by atoms with E-state index in [1.165, 1.54) is 11.8 Å². The monoisotopic (exact) mass is 468 g/mol. The van der Waals surface area contributed by atoms with Crippen molar-refractivity contribution in [1.82, 2.24) is 19.2 Å². The lowest BCUT2D eigenvalue weighted by Gasteiger charge is -2.14. The van der Waals surface area contributed by atoms with Gasteiger partial charge in [-0.2, -0.15) is 0 Å². The largest absolute Gasteiger partial charge is 0.293 e. The van der Waals surface area contributed by atoms with E-state index in [-0.39, 0.29) is 17.1 Å². The Kier molecular flexibility index (Phi) is 5.57. The topological polar surface area (TPSA) is 69.3 Å². The van der Waals surface area contributed by atoms with Crippen LogP contribution in [0.1, 0.15) is 32.6 Å². The number of thioether (sulfide) groups is 1. The van der Waals surface area contributed by atoms with Gasteiger partial charge >= 0.3 is 0 Å². The summed E-state index contributed by atoms with van der Waals surface area (Å²) in [5.74, 6) is 0.687. The van der Waals surface area contributed by atoms with Crippen molar-refractivity contribution in [3.8, 4) is 5.69 Å². The molecule has 0 fully saturated rings. The Balaban J connectivity index is 1.65. The molecule has 0 unspecified atom stereocenters. The Morgan fingerprint density at radius 2 is 1.71 bits per heavy atom. The molecule has 0 amide bonds. The fourth-order valence-electron chi connectivity index (χ4n) is 4.30. The third-order valence-corrected chi connectivity index (χ3v) is 7.16. The van der Waals surface area contributed by atoms with Crippen molar-refractivity contribution in [2.45, 2.75) is 32.9 Å². The van der Waals surface area contributed by atoms with Gasteiger partial charge in [0.05, 0.1) is 22.3 Å². The van der Waals surface area contributed by atoms with Crippen LogP contribution >= 0.6 is 11.8 Å². The van der Waals surface area contributed by atoms with E-state index in [9.17, 15) is 9.59 Å². The Bertz CT molecular complexity index is 1650. The Morgan fingerprint density at radius 1 is 0.912 bits per heavy atom. The molecular formula is C27H24N4O2S. The second-order valence-electron chi connectivity index (χ2n) is 8.52. The fraction of sp³-hybridized carbons (Fsp3) is 0.185. The first-order chi connectivity index (χ1) is 16.4. The zero-order chi connectivity index (χ0) is 24.0. The first kappa shape index (κ1) is 22.1. The van der Waals surface area contributed by atoms with Crippen LogP contribution in [-0.2, 0) is 0 Å². The van der Waals surface area contributed by atoms with Gasteiger partial charge in [-0.25, -0.2) is 4.57 Å². The lowest BCUT2D eigenvalue weighted by Crippen LogP contribution is -2.22. The van der Waals surface area contributed by atoms with Crippen molar-refractivity contribution in [3.05, 3.63) is 98.8 Å². The Hall–Kier alpha value is -3.71. The molecule has 170 valence electrons. The van der Waals surface area contributed by atoms with Crippen molar-refractivity contribution >= 4 is 34.2 Å². The number of carbonyl (C=O) groups is 1. The first-order valence-electron chi connectivity index (χ1n) is 11.1. The lowest BCUT2D eigenvalue weighted by molar-refractivity contribution is 0.102. The molecule has 0 N–H and O–H groups in total. The maximum Gasteiger partial charge on any atom is 0.267 e. The molecule has 0 aliphatic rings. The van der Waals surface area contributed by atoms with E-state index in [2.05, 4.69) is 10.2 Å². The predicted octanol–water partition coefficient (Wildman–Crippen LogP) is 5.24. The van der Waals surface area contributed by atoms with Crippen molar-refractivity contribution in [3.63, 3.8) is 0 Å². The van der Waals surface area contributed by atoms with Crippen LogP contribution in [0.25, 0.3) is 22.4 Å². The highest BCUT2D eigenvalue weighted by Gasteiger charge is 2.20. The third kappa shape index (κ3) is 3.62. The van der Waals surface area contributed by atoms with E-state index in [0.717, 1.165) is 33.5 Å². The molecule has 0 radical (unpaired) electrons. The number of rotatable bonds is 5. The van der Waals surface area contributed by atoms with Crippen LogP contribution in [0.15, 0.2) is 70.6 Å². The highest BCUT2D eigenvalue weighted by molar-refractivity contribution is 7.99. The minimum absolute atomic E-state index is 0.0337. The molecule has 0 saturated carbocycles. The molecule has 7 heteroatoms. The number of aryl methyl sites for hydroxylation is 3. The molecule has 5 rings (SSSR count). The van der Waals surface area contributed by atoms with Crippen LogP contribution in [0.3, 0.4) is 0 Å². The molecule has 0 spiro atoms. The van der Waals surface area contributed by atoms with Gasteiger partial charge in [-0.15, -0.1) is 10.2 Å². The van der Waals surface area contributed by atoms with Crippen LogP contribution in [0.4, 0.5) is 0 Å². The molecule has 0 bridgehead atoms. The number of para-hydroxylation sites is 1. The van der Waals surface area contributed by atoms with Gasteiger partial charge < -0.3 is 0 Å². The van der Waals surface area contributed by atoms with E-state index in [0.29, 0.717) is 21.9 Å². The second kappa shape index (κ2) is 8.57. The smallest absolute Gasteiger partial charge is 0.267 e. The van der Waals surface area contributed by atoms with Crippen LogP contribution in [0, 0.1) is 27.7 Å². The van der Waals surface area contributed by atoms with Crippen LogP contribution in [-0.4, -0.2) is 30.7 Å². The molecule has 0 saturated heterocycles. The predicted molar refractivity (Wildman–Crippen MR) is 137 cm³/mol. The van der Waals surface area contributed by atoms with Gasteiger partial charge in [0.15, 0.2) is 10.9 Å². The van der Waals surface area contributed by atoms with Crippen LogP contribution in [0.5, 0.6) is 0 Å². The Labute approximate surface area is 201 Å². The summed E-state index contributed by atoms with van der Waals surface area (Å²) in [6.07, 6.45) is 0. The molecule has 0 aliphatic heterocycles. The summed E-state index contributed by atoms with van der Waals surface area (Å²) < 4.78 is 3.49. The highest BCUT2D eigenvalue weighted by atomic mass is 32.2. The standard InChI is InChI=1S/C27H24N4O2S/c1-16-12-13-20(18(3)14-16)24(32)15-34-27-29-28-26-30(22-11-7-8-17(2)19(22)4)25(33)21-9-5-6-10-23(21)31(26)27/h5-14H,15H2,1-4H3. The zero-order valence-corrected chi connectivity index (χ0v) is 20.3. The average molecular weight is 469 g/mol. The molecule has 0 atom stereocenters. The lowest BCUT2D eigenvalue weighted by atomic mass is 10.0. The quantitative estimate of drug-likeness (QED) is 0.261. The van der Waals surface area contributed by atoms with Crippen molar-refractivity contribution in [2.75, 3.05) is 5.75 Å². The summed E-state index contributed by atoms with van der Waals surface area (Å²) >= 11 is 1.33. The summed E-state index contributed by atoms with van der Waals surface area (Å²) in [6.45, 7) is 7.98. The number of ketones is 1. The van der Waals surface area contributed by atoms with Crippen molar-refractivity contribution in [2.24, 2.45) is 0 Å². The highest BCUT2D eigenvalue weighted by Crippen LogP contribution is 2.26. The third-order valence-electron chi connectivity index (χ3n) is 6.23. The molecule has 0 aliphatic carbocycles. The maximum atomic E-state index is 13.6. The molecule has 5 aromatic rings. The number of carbonyl (C=O) groups excluding carboxylic acids is 1. The molecule has 34 heavy (non-hydrogen) atoms. The van der Waals surface area contributed by atoms with Gasteiger partial charge in [-0.1, -0.05) is 59.8 Å². The zero-order valence-electron chi connectivity index (χ0n) is 19.5. The van der Waals surface area contributed by atoms with E-state index < -0.39 is 0 Å². The Morgan fingerprint density at radius 3 is 2.50 bits per heavy atom. The fourth-order valence-corrected chi connectivity index (χ4v) is 5.12. The average Bonchev–Trinajstić information content (AvgIpc) is 3.24.